The quantitative estimate of drug-likeness (QED) is 0.678. The summed E-state index contributed by atoms with van der Waals surface area (Å²) in [5.74, 6) is 0.943. The Balaban J connectivity index is 2.08. The SMILES string of the molecule is O=C1CC2CCCN2c2ncncc2N1. The molecule has 0 bridgehead atoms. The number of rotatable bonds is 0. The summed E-state index contributed by atoms with van der Waals surface area (Å²) in [6, 6.07) is 0.321. The molecular weight excluding hydrogens is 192 g/mol. The highest BCUT2D eigenvalue weighted by atomic mass is 16.1. The monoisotopic (exact) mass is 204 g/mol. The number of hydrogen-bond acceptors (Lipinski definition) is 4. The number of nitrogens with one attached hydrogen (secondary N) is 1. The van der Waals surface area contributed by atoms with Crippen molar-refractivity contribution in [1.29, 1.82) is 0 Å². The molecule has 1 N–H and O–H groups in total. The van der Waals surface area contributed by atoms with Crippen molar-refractivity contribution in [3.63, 3.8) is 0 Å². The van der Waals surface area contributed by atoms with E-state index >= 15 is 0 Å². The Labute approximate surface area is 87.5 Å². The predicted octanol–water partition coefficient (Wildman–Crippen LogP) is 0.788. The van der Waals surface area contributed by atoms with E-state index in [1.165, 1.54) is 6.33 Å². The summed E-state index contributed by atoms with van der Waals surface area (Å²) in [5.41, 5.74) is 0.743. The highest BCUT2D eigenvalue weighted by Gasteiger charge is 2.32. The first-order valence-corrected chi connectivity index (χ1v) is 5.21. The third-order valence-electron chi connectivity index (χ3n) is 3.04. The second kappa shape index (κ2) is 3.18. The third-order valence-corrected chi connectivity index (χ3v) is 3.04. The first-order chi connectivity index (χ1) is 7.34. The summed E-state index contributed by atoms with van der Waals surface area (Å²) in [6.07, 6.45) is 5.99. The first kappa shape index (κ1) is 8.64. The van der Waals surface area contributed by atoms with Gasteiger partial charge in [0.25, 0.3) is 0 Å². The van der Waals surface area contributed by atoms with Gasteiger partial charge < -0.3 is 10.2 Å². The van der Waals surface area contributed by atoms with E-state index in [2.05, 4.69) is 20.2 Å². The molecule has 1 aromatic rings. The topological polar surface area (TPSA) is 58.1 Å². The van der Waals surface area contributed by atoms with Crippen LogP contribution in [0.5, 0.6) is 0 Å². The van der Waals surface area contributed by atoms with Crippen LogP contribution < -0.4 is 10.2 Å². The van der Waals surface area contributed by atoms with E-state index in [1.54, 1.807) is 6.20 Å². The van der Waals surface area contributed by atoms with E-state index < -0.39 is 0 Å². The molecule has 2 aliphatic heterocycles. The number of carbonyl (C=O) groups excluding carboxylic acids is 1. The van der Waals surface area contributed by atoms with Gasteiger partial charge in [-0.3, -0.25) is 4.79 Å². The molecule has 3 heterocycles. The van der Waals surface area contributed by atoms with Gasteiger partial charge in [-0.2, -0.15) is 0 Å². The second-order valence-corrected chi connectivity index (χ2v) is 4.00. The van der Waals surface area contributed by atoms with Gasteiger partial charge in [0.15, 0.2) is 5.82 Å². The van der Waals surface area contributed by atoms with Gasteiger partial charge in [0.05, 0.1) is 6.20 Å². The zero-order valence-corrected chi connectivity index (χ0v) is 8.31. The van der Waals surface area contributed by atoms with Crippen molar-refractivity contribution in [2.45, 2.75) is 25.3 Å². The van der Waals surface area contributed by atoms with E-state index in [0.717, 1.165) is 30.9 Å². The molecule has 0 aliphatic carbocycles. The summed E-state index contributed by atoms with van der Waals surface area (Å²) >= 11 is 0. The normalized spacial score (nSPS) is 24.1. The van der Waals surface area contributed by atoms with E-state index in [1.807, 2.05) is 0 Å². The molecule has 15 heavy (non-hydrogen) atoms. The maximum absolute atomic E-state index is 11.6. The van der Waals surface area contributed by atoms with Crippen molar-refractivity contribution in [1.82, 2.24) is 9.97 Å². The Kier molecular flexibility index (Phi) is 1.83. The number of carbonyl (C=O) groups is 1. The summed E-state index contributed by atoms with van der Waals surface area (Å²) < 4.78 is 0. The Morgan fingerprint density at radius 3 is 3.40 bits per heavy atom. The molecule has 78 valence electrons. The zero-order chi connectivity index (χ0) is 10.3. The fraction of sp³-hybridized carbons (Fsp3) is 0.500. The molecule has 1 amide bonds. The van der Waals surface area contributed by atoms with Crippen LogP contribution in [-0.4, -0.2) is 28.5 Å². The molecule has 0 radical (unpaired) electrons. The van der Waals surface area contributed by atoms with Gasteiger partial charge in [0.1, 0.15) is 12.0 Å². The van der Waals surface area contributed by atoms with Crippen molar-refractivity contribution >= 4 is 17.4 Å². The van der Waals surface area contributed by atoms with Crippen molar-refractivity contribution in [2.24, 2.45) is 0 Å². The first-order valence-electron chi connectivity index (χ1n) is 5.21. The van der Waals surface area contributed by atoms with E-state index in [0.29, 0.717) is 12.5 Å². The minimum atomic E-state index is 0.0699. The molecule has 1 atom stereocenters. The van der Waals surface area contributed by atoms with Crippen LogP contribution >= 0.6 is 0 Å². The summed E-state index contributed by atoms with van der Waals surface area (Å²) in [7, 11) is 0. The average Bonchev–Trinajstić information content (AvgIpc) is 2.62. The standard InChI is InChI=1S/C10H12N4O/c15-9-4-7-2-1-3-14(7)10-8(13-9)5-11-6-12-10/h5-7H,1-4H2,(H,13,15). The number of aromatic nitrogens is 2. The molecule has 5 nitrogen and oxygen atoms in total. The van der Waals surface area contributed by atoms with Gasteiger partial charge in [0, 0.05) is 19.0 Å². The smallest absolute Gasteiger partial charge is 0.226 e. The Bertz CT molecular complexity index is 406. The molecule has 1 aromatic heterocycles. The van der Waals surface area contributed by atoms with Crippen molar-refractivity contribution in [3.05, 3.63) is 12.5 Å². The number of anilines is 2. The lowest BCUT2D eigenvalue weighted by atomic mass is 10.1. The lowest BCUT2D eigenvalue weighted by Crippen LogP contribution is -2.30. The van der Waals surface area contributed by atoms with Crippen LogP contribution in [0.3, 0.4) is 0 Å². The van der Waals surface area contributed by atoms with Gasteiger partial charge in [-0.25, -0.2) is 9.97 Å². The Morgan fingerprint density at radius 1 is 1.53 bits per heavy atom. The molecule has 3 rings (SSSR count). The number of amides is 1. The van der Waals surface area contributed by atoms with E-state index in [4.69, 9.17) is 0 Å². The van der Waals surface area contributed by atoms with Crippen LogP contribution in [0.2, 0.25) is 0 Å². The molecule has 5 heteroatoms. The minimum absolute atomic E-state index is 0.0699. The van der Waals surface area contributed by atoms with Gasteiger partial charge in [-0.1, -0.05) is 0 Å². The van der Waals surface area contributed by atoms with E-state index in [9.17, 15) is 4.79 Å². The molecule has 2 aliphatic rings. The summed E-state index contributed by atoms with van der Waals surface area (Å²) in [5, 5.41) is 2.85. The van der Waals surface area contributed by atoms with Gasteiger partial charge in [-0.05, 0) is 12.8 Å². The number of fused-ring (bicyclic) bond motifs is 3. The molecule has 1 unspecified atom stereocenters. The maximum Gasteiger partial charge on any atom is 0.226 e. The lowest BCUT2D eigenvalue weighted by Gasteiger charge is -2.22. The predicted molar refractivity (Wildman–Crippen MR) is 55.6 cm³/mol. The third kappa shape index (κ3) is 1.35. The van der Waals surface area contributed by atoms with Gasteiger partial charge in [-0.15, -0.1) is 0 Å². The van der Waals surface area contributed by atoms with Crippen molar-refractivity contribution in [3.8, 4) is 0 Å². The zero-order valence-electron chi connectivity index (χ0n) is 8.31. The van der Waals surface area contributed by atoms with Crippen molar-refractivity contribution in [2.75, 3.05) is 16.8 Å². The summed E-state index contributed by atoms with van der Waals surface area (Å²) in [4.78, 5) is 22.0. The molecule has 1 saturated heterocycles. The number of nitrogens with zero attached hydrogens (tertiary/aromatic N) is 3. The van der Waals surface area contributed by atoms with Crippen molar-refractivity contribution < 1.29 is 4.79 Å². The molecule has 0 aromatic carbocycles. The maximum atomic E-state index is 11.6. The molecule has 1 fully saturated rings. The summed E-state index contributed by atoms with van der Waals surface area (Å²) in [6.45, 7) is 0.990. The number of hydrogen-bond donors (Lipinski definition) is 1. The van der Waals surface area contributed by atoms with Crippen LogP contribution in [0.25, 0.3) is 0 Å². The molecule has 0 spiro atoms. The van der Waals surface area contributed by atoms with Crippen LogP contribution in [0.15, 0.2) is 12.5 Å². The van der Waals surface area contributed by atoms with Crippen LogP contribution in [-0.2, 0) is 4.79 Å². The van der Waals surface area contributed by atoms with Crippen LogP contribution in [0, 0.1) is 0 Å². The van der Waals surface area contributed by atoms with Gasteiger partial charge in [0.2, 0.25) is 5.91 Å². The van der Waals surface area contributed by atoms with Gasteiger partial charge >= 0.3 is 0 Å². The van der Waals surface area contributed by atoms with E-state index in [-0.39, 0.29) is 5.91 Å². The largest absolute Gasteiger partial charge is 0.351 e. The fourth-order valence-corrected chi connectivity index (χ4v) is 2.38. The minimum Gasteiger partial charge on any atom is -0.351 e. The fourth-order valence-electron chi connectivity index (χ4n) is 2.38. The average molecular weight is 204 g/mol. The Morgan fingerprint density at radius 2 is 2.47 bits per heavy atom. The second-order valence-electron chi connectivity index (χ2n) is 4.00. The lowest BCUT2D eigenvalue weighted by molar-refractivity contribution is -0.116. The molecule has 0 saturated carbocycles. The highest BCUT2D eigenvalue weighted by molar-refractivity contribution is 5.95. The Hall–Kier alpha value is -1.65. The molecular formula is C10H12N4O. The van der Waals surface area contributed by atoms with Crippen LogP contribution in [0.4, 0.5) is 11.5 Å². The highest BCUT2D eigenvalue weighted by Crippen LogP contribution is 2.33. The van der Waals surface area contributed by atoms with Crippen LogP contribution in [0.1, 0.15) is 19.3 Å².